The van der Waals surface area contributed by atoms with E-state index in [1.165, 1.54) is 0 Å². The molecule has 1 aromatic rings. The summed E-state index contributed by atoms with van der Waals surface area (Å²) < 4.78 is 56.6. The van der Waals surface area contributed by atoms with Gasteiger partial charge in [-0.25, -0.2) is 13.6 Å². The largest absolute Gasteiger partial charge is 0.456 e. The van der Waals surface area contributed by atoms with E-state index in [-0.39, 0.29) is 16.7 Å². The number of hydrogen-bond donors (Lipinski definition) is 1. The molecule has 3 nitrogen and oxygen atoms in total. The van der Waals surface area contributed by atoms with E-state index >= 15 is 0 Å². The van der Waals surface area contributed by atoms with Gasteiger partial charge < -0.3 is 10.1 Å². The quantitative estimate of drug-likeness (QED) is 0.678. The Hall–Kier alpha value is -1.31. The maximum Gasteiger partial charge on any atom is 0.377 e. The van der Waals surface area contributed by atoms with Gasteiger partial charge in [0.05, 0.1) is 18.7 Å². The topological polar surface area (TPSA) is 38.3 Å². The summed E-state index contributed by atoms with van der Waals surface area (Å²) in [6.45, 7) is -0.192. The molecule has 0 aliphatic carbocycles. The van der Waals surface area contributed by atoms with Crippen molar-refractivity contribution in [3.8, 4) is 0 Å². The highest BCUT2D eigenvalue weighted by Gasteiger charge is 2.50. The molecular weight excluding hydrogens is 334 g/mol. The number of benzene rings is 1. The molecule has 1 unspecified atom stereocenters. The molecule has 0 bridgehead atoms. The highest BCUT2D eigenvalue weighted by atomic mass is 79.9. The molecule has 1 fully saturated rings. The van der Waals surface area contributed by atoms with Crippen LogP contribution in [-0.4, -0.2) is 24.5 Å². The van der Waals surface area contributed by atoms with Gasteiger partial charge in [0.1, 0.15) is 17.7 Å². The van der Waals surface area contributed by atoms with E-state index in [0.29, 0.717) is 6.07 Å². The Kier molecular flexibility index (Phi) is 3.71. The molecular formula is C11H8BrF4NO2. The number of cyclic esters (lactones) is 1. The fraction of sp³-hybridized carbons (Fsp3) is 0.364. The Morgan fingerprint density at radius 1 is 1.42 bits per heavy atom. The third-order valence-corrected chi connectivity index (χ3v) is 3.20. The van der Waals surface area contributed by atoms with Crippen molar-refractivity contribution >= 4 is 27.6 Å². The average molecular weight is 342 g/mol. The molecule has 0 amide bonds. The van der Waals surface area contributed by atoms with Gasteiger partial charge in [-0.05, 0) is 22.0 Å². The Bertz CT molecular complexity index is 500. The van der Waals surface area contributed by atoms with Gasteiger partial charge in [0, 0.05) is 10.5 Å². The van der Waals surface area contributed by atoms with Crippen LogP contribution in [0.5, 0.6) is 0 Å². The van der Waals surface area contributed by atoms with Crippen molar-refractivity contribution in [3.63, 3.8) is 0 Å². The van der Waals surface area contributed by atoms with Gasteiger partial charge in [0.25, 0.3) is 0 Å². The number of ether oxygens (including phenoxy) is 1. The Labute approximate surface area is 114 Å². The lowest BCUT2D eigenvalue weighted by Crippen LogP contribution is -2.22. The van der Waals surface area contributed by atoms with Crippen molar-refractivity contribution in [2.45, 2.75) is 18.4 Å². The van der Waals surface area contributed by atoms with E-state index in [1.807, 2.05) is 0 Å². The molecule has 104 valence electrons. The fourth-order valence-electron chi connectivity index (χ4n) is 1.69. The highest BCUT2D eigenvalue weighted by molar-refractivity contribution is 9.10. The maximum atomic E-state index is 13.4. The van der Waals surface area contributed by atoms with Crippen LogP contribution in [0, 0.1) is 11.6 Å². The molecule has 1 aliphatic heterocycles. The number of carbonyl (C=O) groups is 1. The standard InChI is InChI=1S/C11H8BrF4NO2/c12-7-1-5(13)2-8(14)9(7)17-4-6-3-11(15,16)10(18)19-6/h1-2,6,17H,3-4H2. The Morgan fingerprint density at radius 3 is 2.63 bits per heavy atom. The summed E-state index contributed by atoms with van der Waals surface area (Å²) in [5.74, 6) is -6.74. The van der Waals surface area contributed by atoms with E-state index in [4.69, 9.17) is 0 Å². The van der Waals surface area contributed by atoms with Gasteiger partial charge in [-0.15, -0.1) is 0 Å². The fourth-order valence-corrected chi connectivity index (χ4v) is 2.24. The van der Waals surface area contributed by atoms with Crippen molar-refractivity contribution in [2.24, 2.45) is 0 Å². The van der Waals surface area contributed by atoms with Crippen LogP contribution in [0.3, 0.4) is 0 Å². The van der Waals surface area contributed by atoms with E-state index < -0.39 is 36.1 Å². The molecule has 1 heterocycles. The Morgan fingerprint density at radius 2 is 2.11 bits per heavy atom. The lowest BCUT2D eigenvalue weighted by Gasteiger charge is -2.13. The molecule has 0 saturated carbocycles. The molecule has 1 saturated heterocycles. The molecule has 1 N–H and O–H groups in total. The molecule has 1 aliphatic rings. The third-order valence-electron chi connectivity index (χ3n) is 2.57. The zero-order valence-corrected chi connectivity index (χ0v) is 10.9. The predicted molar refractivity (Wildman–Crippen MR) is 62.0 cm³/mol. The van der Waals surface area contributed by atoms with Crippen molar-refractivity contribution in [2.75, 3.05) is 11.9 Å². The first-order chi connectivity index (χ1) is 8.79. The van der Waals surface area contributed by atoms with Gasteiger partial charge in [-0.1, -0.05) is 0 Å². The summed E-state index contributed by atoms with van der Waals surface area (Å²) in [6, 6.07) is 1.68. The summed E-state index contributed by atoms with van der Waals surface area (Å²) in [4.78, 5) is 10.8. The van der Waals surface area contributed by atoms with Crippen LogP contribution in [0.2, 0.25) is 0 Å². The number of hydrogen-bond acceptors (Lipinski definition) is 3. The number of alkyl halides is 2. The van der Waals surface area contributed by atoms with E-state index in [1.54, 1.807) is 0 Å². The summed E-state index contributed by atoms with van der Waals surface area (Å²) in [7, 11) is 0. The minimum atomic E-state index is -3.51. The smallest absolute Gasteiger partial charge is 0.377 e. The molecule has 0 radical (unpaired) electrons. The lowest BCUT2D eigenvalue weighted by molar-refractivity contribution is -0.158. The maximum absolute atomic E-state index is 13.4. The molecule has 1 aromatic carbocycles. The molecule has 0 aromatic heterocycles. The molecule has 0 spiro atoms. The summed E-state index contributed by atoms with van der Waals surface area (Å²) in [5.41, 5.74) is -0.0762. The SMILES string of the molecule is O=C1OC(CNc2c(F)cc(F)cc2Br)CC1(F)F. The number of nitrogens with one attached hydrogen (secondary N) is 1. The first-order valence-electron chi connectivity index (χ1n) is 5.27. The number of esters is 1. The minimum Gasteiger partial charge on any atom is -0.456 e. The van der Waals surface area contributed by atoms with Crippen LogP contribution < -0.4 is 5.32 Å². The second-order valence-corrected chi connectivity index (χ2v) is 4.92. The highest BCUT2D eigenvalue weighted by Crippen LogP contribution is 2.32. The van der Waals surface area contributed by atoms with Crippen molar-refractivity contribution in [3.05, 3.63) is 28.2 Å². The van der Waals surface area contributed by atoms with Crippen LogP contribution in [0.15, 0.2) is 16.6 Å². The zero-order valence-electron chi connectivity index (χ0n) is 9.35. The second kappa shape index (κ2) is 4.99. The van der Waals surface area contributed by atoms with E-state index in [9.17, 15) is 22.4 Å². The lowest BCUT2D eigenvalue weighted by atomic mass is 10.2. The second-order valence-electron chi connectivity index (χ2n) is 4.06. The number of anilines is 1. The van der Waals surface area contributed by atoms with Crippen LogP contribution in [0.1, 0.15) is 6.42 Å². The predicted octanol–water partition coefficient (Wildman–Crippen LogP) is 3.09. The summed E-state index contributed by atoms with van der Waals surface area (Å²) in [6.07, 6.45) is -1.82. The van der Waals surface area contributed by atoms with Crippen LogP contribution in [-0.2, 0) is 9.53 Å². The van der Waals surface area contributed by atoms with Crippen LogP contribution in [0.4, 0.5) is 23.2 Å². The van der Waals surface area contributed by atoms with E-state index in [0.717, 1.165) is 6.07 Å². The van der Waals surface area contributed by atoms with Gasteiger partial charge in [0.2, 0.25) is 0 Å². The van der Waals surface area contributed by atoms with Crippen LogP contribution >= 0.6 is 15.9 Å². The summed E-state index contributed by atoms with van der Waals surface area (Å²) in [5, 5.41) is 2.51. The van der Waals surface area contributed by atoms with Crippen molar-refractivity contribution < 1.29 is 27.1 Å². The van der Waals surface area contributed by atoms with Gasteiger partial charge in [0.15, 0.2) is 0 Å². The molecule has 1 atom stereocenters. The molecule has 2 rings (SSSR count). The number of carbonyl (C=O) groups excluding carboxylic acids is 1. The summed E-state index contributed by atoms with van der Waals surface area (Å²) >= 11 is 2.94. The first-order valence-corrected chi connectivity index (χ1v) is 6.06. The number of rotatable bonds is 3. The monoisotopic (exact) mass is 341 g/mol. The van der Waals surface area contributed by atoms with Gasteiger partial charge in [-0.2, -0.15) is 8.78 Å². The zero-order chi connectivity index (χ0) is 14.2. The Balaban J connectivity index is 2.03. The normalized spacial score (nSPS) is 21.3. The van der Waals surface area contributed by atoms with Crippen LogP contribution in [0.25, 0.3) is 0 Å². The average Bonchev–Trinajstić information content (AvgIpc) is 2.51. The molecule has 19 heavy (non-hydrogen) atoms. The van der Waals surface area contributed by atoms with Crippen molar-refractivity contribution in [1.82, 2.24) is 0 Å². The van der Waals surface area contributed by atoms with E-state index in [2.05, 4.69) is 26.0 Å². The first kappa shape index (κ1) is 14.1. The van der Waals surface area contributed by atoms with Gasteiger partial charge >= 0.3 is 11.9 Å². The van der Waals surface area contributed by atoms with Crippen molar-refractivity contribution in [1.29, 1.82) is 0 Å². The van der Waals surface area contributed by atoms with Gasteiger partial charge in [-0.3, -0.25) is 0 Å². The third kappa shape index (κ3) is 2.99. The molecule has 8 heteroatoms. The minimum absolute atomic E-state index is 0.0762. The number of halogens is 5.